The molecule has 2 rings (SSSR count). The van der Waals surface area contributed by atoms with Crippen molar-refractivity contribution in [2.75, 3.05) is 38.3 Å². The number of hydrogen-bond acceptors (Lipinski definition) is 4. The molecule has 21 heavy (non-hydrogen) atoms. The van der Waals surface area contributed by atoms with Gasteiger partial charge in [0.05, 0.1) is 12.0 Å². The van der Waals surface area contributed by atoms with Gasteiger partial charge in [0.1, 0.15) is 0 Å². The van der Waals surface area contributed by atoms with Gasteiger partial charge in [-0.1, -0.05) is 25.7 Å². The van der Waals surface area contributed by atoms with E-state index in [-0.39, 0.29) is 5.41 Å². The number of thioether (sulfide) groups is 1. The molecule has 1 amide bonds. The Kier molecular flexibility index (Phi) is 6.83. The minimum atomic E-state index is -0.308. The average Bonchev–Trinajstić information content (AvgIpc) is 2.92. The first kappa shape index (κ1) is 17.1. The molecule has 0 aromatic rings. The third-order valence-corrected chi connectivity index (χ3v) is 6.19. The Hall–Kier alpha value is -0.260. The van der Waals surface area contributed by atoms with Crippen LogP contribution < -0.4 is 5.73 Å². The number of carbonyl (C=O) groups excluding carboxylic acids is 1. The highest BCUT2D eigenvalue weighted by Crippen LogP contribution is 2.37. The topological polar surface area (TPSA) is 55.6 Å². The summed E-state index contributed by atoms with van der Waals surface area (Å²) in [6, 6.07) is 0.379. The maximum absolute atomic E-state index is 13.3. The second-order valence-electron chi connectivity index (χ2n) is 6.41. The normalized spacial score (nSPS) is 25.5. The van der Waals surface area contributed by atoms with Crippen molar-refractivity contribution < 1.29 is 9.53 Å². The van der Waals surface area contributed by atoms with Crippen molar-refractivity contribution in [1.82, 2.24) is 4.90 Å². The molecule has 1 heterocycles. The SMILES string of the molecule is COCCN(C(=O)C1(CN)CCCCCC1)C1CCSC1. The smallest absolute Gasteiger partial charge is 0.230 e. The molecule has 0 aromatic heterocycles. The predicted octanol–water partition coefficient (Wildman–Crippen LogP) is 2.27. The Labute approximate surface area is 133 Å². The summed E-state index contributed by atoms with van der Waals surface area (Å²) in [6.45, 7) is 1.82. The summed E-state index contributed by atoms with van der Waals surface area (Å²) < 4.78 is 5.23. The van der Waals surface area contributed by atoms with Gasteiger partial charge in [-0.25, -0.2) is 0 Å². The van der Waals surface area contributed by atoms with Gasteiger partial charge in [0.2, 0.25) is 5.91 Å². The summed E-state index contributed by atoms with van der Waals surface area (Å²) in [4.78, 5) is 15.4. The monoisotopic (exact) mass is 314 g/mol. The van der Waals surface area contributed by atoms with Gasteiger partial charge in [-0.05, 0) is 25.0 Å². The lowest BCUT2D eigenvalue weighted by Gasteiger charge is -2.38. The minimum Gasteiger partial charge on any atom is -0.383 e. The summed E-state index contributed by atoms with van der Waals surface area (Å²) in [5.41, 5.74) is 5.78. The van der Waals surface area contributed by atoms with Crippen molar-refractivity contribution in [1.29, 1.82) is 0 Å². The Morgan fingerprint density at radius 1 is 1.33 bits per heavy atom. The molecule has 4 nitrogen and oxygen atoms in total. The molecule has 1 aliphatic carbocycles. The zero-order valence-corrected chi connectivity index (χ0v) is 14.1. The predicted molar refractivity (Wildman–Crippen MR) is 88.5 cm³/mol. The highest BCUT2D eigenvalue weighted by Gasteiger charge is 2.42. The standard InChI is InChI=1S/C16H30N2O2S/c1-20-10-9-18(14-6-11-21-12-14)15(19)16(13-17)7-4-2-3-5-8-16/h14H,2-13,17H2,1H3. The quantitative estimate of drug-likeness (QED) is 0.764. The lowest BCUT2D eigenvalue weighted by molar-refractivity contribution is -0.145. The van der Waals surface area contributed by atoms with E-state index in [4.69, 9.17) is 10.5 Å². The number of hydrogen-bond donors (Lipinski definition) is 1. The molecule has 2 N–H and O–H groups in total. The highest BCUT2D eigenvalue weighted by molar-refractivity contribution is 7.99. The molecular weight excluding hydrogens is 284 g/mol. The average molecular weight is 314 g/mol. The summed E-state index contributed by atoms with van der Waals surface area (Å²) in [7, 11) is 1.70. The second kappa shape index (κ2) is 8.39. The van der Waals surface area contributed by atoms with Crippen molar-refractivity contribution in [3.63, 3.8) is 0 Å². The van der Waals surface area contributed by atoms with Crippen LogP contribution in [0.25, 0.3) is 0 Å². The molecule has 1 saturated heterocycles. The van der Waals surface area contributed by atoms with Gasteiger partial charge in [-0.15, -0.1) is 0 Å². The molecule has 0 spiro atoms. The zero-order valence-electron chi connectivity index (χ0n) is 13.3. The summed E-state index contributed by atoms with van der Waals surface area (Å²) in [5, 5.41) is 0. The molecule has 0 bridgehead atoms. The van der Waals surface area contributed by atoms with Gasteiger partial charge in [-0.2, -0.15) is 11.8 Å². The molecule has 2 aliphatic rings. The van der Waals surface area contributed by atoms with Crippen LogP contribution in [0.3, 0.4) is 0 Å². The van der Waals surface area contributed by atoms with Crippen molar-refractivity contribution in [3.05, 3.63) is 0 Å². The molecule has 0 aromatic carbocycles. The number of nitrogens with two attached hydrogens (primary N) is 1. The minimum absolute atomic E-state index is 0.302. The Morgan fingerprint density at radius 3 is 2.57 bits per heavy atom. The van der Waals surface area contributed by atoms with E-state index in [9.17, 15) is 4.79 Å². The maximum Gasteiger partial charge on any atom is 0.230 e. The molecule has 1 aliphatic heterocycles. The van der Waals surface area contributed by atoms with E-state index >= 15 is 0 Å². The van der Waals surface area contributed by atoms with E-state index in [0.29, 0.717) is 31.6 Å². The fourth-order valence-electron chi connectivity index (χ4n) is 3.62. The fraction of sp³-hybridized carbons (Fsp3) is 0.938. The Balaban J connectivity index is 2.13. The number of nitrogens with zero attached hydrogens (tertiary/aromatic N) is 1. The van der Waals surface area contributed by atoms with Gasteiger partial charge in [0.25, 0.3) is 0 Å². The van der Waals surface area contributed by atoms with Crippen LogP contribution >= 0.6 is 11.8 Å². The largest absolute Gasteiger partial charge is 0.383 e. The van der Waals surface area contributed by atoms with Crippen LogP contribution in [0.5, 0.6) is 0 Å². The summed E-state index contributed by atoms with van der Waals surface area (Å²) in [5.74, 6) is 2.53. The first-order chi connectivity index (χ1) is 10.2. The first-order valence-electron chi connectivity index (χ1n) is 8.31. The van der Waals surface area contributed by atoms with E-state index in [2.05, 4.69) is 4.90 Å². The van der Waals surface area contributed by atoms with Crippen LogP contribution in [0, 0.1) is 5.41 Å². The van der Waals surface area contributed by atoms with E-state index in [1.807, 2.05) is 11.8 Å². The summed E-state index contributed by atoms with van der Waals surface area (Å²) >= 11 is 1.95. The van der Waals surface area contributed by atoms with Crippen LogP contribution in [-0.2, 0) is 9.53 Å². The third-order valence-electron chi connectivity index (χ3n) is 5.05. The molecule has 5 heteroatoms. The highest BCUT2D eigenvalue weighted by atomic mass is 32.2. The van der Waals surface area contributed by atoms with Crippen molar-refractivity contribution >= 4 is 17.7 Å². The number of rotatable bonds is 6. The summed E-state index contributed by atoms with van der Waals surface area (Å²) in [6.07, 6.45) is 7.80. The van der Waals surface area contributed by atoms with Gasteiger partial charge in [0, 0.05) is 32.0 Å². The Morgan fingerprint density at radius 2 is 2.05 bits per heavy atom. The number of ether oxygens (including phenoxy) is 1. The van der Waals surface area contributed by atoms with Crippen molar-refractivity contribution in [2.45, 2.75) is 51.0 Å². The maximum atomic E-state index is 13.3. The molecule has 1 saturated carbocycles. The van der Waals surface area contributed by atoms with E-state index in [1.165, 1.54) is 12.8 Å². The van der Waals surface area contributed by atoms with Gasteiger partial charge >= 0.3 is 0 Å². The van der Waals surface area contributed by atoms with Crippen LogP contribution in [0.4, 0.5) is 0 Å². The van der Waals surface area contributed by atoms with E-state index in [0.717, 1.165) is 43.6 Å². The van der Waals surface area contributed by atoms with Crippen LogP contribution in [0.2, 0.25) is 0 Å². The van der Waals surface area contributed by atoms with E-state index in [1.54, 1.807) is 7.11 Å². The first-order valence-corrected chi connectivity index (χ1v) is 9.47. The molecule has 1 unspecified atom stereocenters. The molecule has 0 radical (unpaired) electrons. The molecule has 122 valence electrons. The van der Waals surface area contributed by atoms with Gasteiger partial charge < -0.3 is 15.4 Å². The van der Waals surface area contributed by atoms with Gasteiger partial charge in [-0.3, -0.25) is 4.79 Å². The third kappa shape index (κ3) is 4.14. The van der Waals surface area contributed by atoms with Crippen LogP contribution in [0.1, 0.15) is 44.9 Å². The number of methoxy groups -OCH3 is 1. The van der Waals surface area contributed by atoms with E-state index < -0.39 is 0 Å². The van der Waals surface area contributed by atoms with Crippen molar-refractivity contribution in [2.24, 2.45) is 11.1 Å². The lowest BCUT2D eigenvalue weighted by Crippen LogP contribution is -2.52. The fourth-order valence-corrected chi connectivity index (χ4v) is 4.85. The zero-order chi connectivity index (χ0) is 15.1. The molecule has 2 fully saturated rings. The Bertz CT molecular complexity index is 324. The number of amides is 1. The lowest BCUT2D eigenvalue weighted by atomic mass is 9.78. The second-order valence-corrected chi connectivity index (χ2v) is 7.56. The molecule has 1 atom stereocenters. The number of carbonyl (C=O) groups is 1. The molecular formula is C16H30N2O2S. The van der Waals surface area contributed by atoms with Crippen LogP contribution in [0.15, 0.2) is 0 Å². The van der Waals surface area contributed by atoms with Crippen LogP contribution in [-0.4, -0.2) is 55.2 Å². The van der Waals surface area contributed by atoms with Gasteiger partial charge in [0.15, 0.2) is 0 Å². The van der Waals surface area contributed by atoms with Crippen molar-refractivity contribution in [3.8, 4) is 0 Å².